The summed E-state index contributed by atoms with van der Waals surface area (Å²) in [4.78, 5) is 23.4. The van der Waals surface area contributed by atoms with Crippen molar-refractivity contribution in [3.63, 3.8) is 0 Å². The Morgan fingerprint density at radius 2 is 2.00 bits per heavy atom. The number of aliphatic hydroxyl groups excluding tert-OH is 1. The van der Waals surface area contributed by atoms with Crippen molar-refractivity contribution in [1.29, 1.82) is 0 Å². The minimum absolute atomic E-state index is 0.0309. The van der Waals surface area contributed by atoms with Crippen LogP contribution in [-0.4, -0.2) is 40.4 Å². The first-order valence-electron chi connectivity index (χ1n) is 7.81. The predicted molar refractivity (Wildman–Crippen MR) is 90.3 cm³/mol. The number of ether oxygens (including phenoxy) is 2. The van der Waals surface area contributed by atoms with E-state index in [-0.39, 0.29) is 43.5 Å². The van der Waals surface area contributed by atoms with Crippen molar-refractivity contribution in [3.05, 3.63) is 51.7 Å². The predicted octanol–water partition coefficient (Wildman–Crippen LogP) is 2.51. The fourth-order valence-corrected chi connectivity index (χ4v) is 2.62. The Kier molecular flexibility index (Phi) is 6.26. The third-order valence-electron chi connectivity index (χ3n) is 3.66. The normalized spacial score (nSPS) is 10.7. The van der Waals surface area contributed by atoms with Gasteiger partial charge >= 0.3 is 11.7 Å². The Bertz CT molecular complexity index is 754. The van der Waals surface area contributed by atoms with Crippen LogP contribution in [0, 0.1) is 17.0 Å². The molecular weight excluding hydrogens is 328 g/mol. The van der Waals surface area contributed by atoms with Crippen molar-refractivity contribution in [2.75, 3.05) is 19.8 Å². The molecule has 25 heavy (non-hydrogen) atoms. The molecular formula is C17H20N2O6. The first-order valence-corrected chi connectivity index (χ1v) is 7.81. The van der Waals surface area contributed by atoms with Crippen LogP contribution in [-0.2, 0) is 16.2 Å². The molecule has 0 saturated heterocycles. The number of rotatable bonds is 8. The van der Waals surface area contributed by atoms with E-state index in [1.807, 2.05) is 0 Å². The monoisotopic (exact) mass is 348 g/mol. The molecule has 0 radical (unpaired) electrons. The highest BCUT2D eigenvalue weighted by molar-refractivity contribution is 5.99. The SMILES string of the molecule is CCOC(=O)c1c([N+](=O)[O-])c(-c2ccccc2)n(COCCO)c1C. The smallest absolute Gasteiger partial charge is 0.347 e. The van der Waals surface area contributed by atoms with Crippen LogP contribution in [0.2, 0.25) is 0 Å². The lowest BCUT2D eigenvalue weighted by molar-refractivity contribution is -0.384. The third-order valence-corrected chi connectivity index (χ3v) is 3.66. The number of nitrogens with zero attached hydrogens (tertiary/aromatic N) is 2. The number of aliphatic hydroxyl groups is 1. The molecule has 1 heterocycles. The topological polar surface area (TPSA) is 104 Å². The van der Waals surface area contributed by atoms with Gasteiger partial charge < -0.3 is 19.1 Å². The van der Waals surface area contributed by atoms with Crippen LogP contribution in [0.1, 0.15) is 23.0 Å². The molecule has 1 aromatic carbocycles. The number of nitro groups is 1. The number of carbonyl (C=O) groups excluding carboxylic acids is 1. The van der Waals surface area contributed by atoms with E-state index in [1.54, 1.807) is 48.7 Å². The molecule has 0 aliphatic rings. The van der Waals surface area contributed by atoms with Crippen LogP contribution in [0.4, 0.5) is 5.69 Å². The van der Waals surface area contributed by atoms with Gasteiger partial charge in [-0.15, -0.1) is 0 Å². The van der Waals surface area contributed by atoms with E-state index in [4.69, 9.17) is 14.6 Å². The highest BCUT2D eigenvalue weighted by Crippen LogP contribution is 2.38. The first kappa shape index (κ1) is 18.6. The third kappa shape index (κ3) is 3.86. The fourth-order valence-electron chi connectivity index (χ4n) is 2.62. The number of hydrogen-bond donors (Lipinski definition) is 1. The van der Waals surface area contributed by atoms with Crippen molar-refractivity contribution in [1.82, 2.24) is 4.57 Å². The lowest BCUT2D eigenvalue weighted by Crippen LogP contribution is -2.11. The van der Waals surface area contributed by atoms with Gasteiger partial charge in [-0.1, -0.05) is 30.3 Å². The summed E-state index contributed by atoms with van der Waals surface area (Å²) in [6, 6.07) is 8.75. The number of carbonyl (C=O) groups is 1. The summed E-state index contributed by atoms with van der Waals surface area (Å²) < 4.78 is 11.9. The van der Waals surface area contributed by atoms with Crippen LogP contribution in [0.25, 0.3) is 11.3 Å². The van der Waals surface area contributed by atoms with Gasteiger partial charge in [-0.2, -0.15) is 0 Å². The molecule has 2 aromatic rings. The van der Waals surface area contributed by atoms with Gasteiger partial charge in [0.15, 0.2) is 5.56 Å². The summed E-state index contributed by atoms with van der Waals surface area (Å²) in [5, 5.41) is 20.6. The van der Waals surface area contributed by atoms with Gasteiger partial charge in [0.25, 0.3) is 0 Å². The second-order valence-electron chi connectivity index (χ2n) is 5.19. The Morgan fingerprint density at radius 1 is 1.32 bits per heavy atom. The van der Waals surface area contributed by atoms with E-state index in [0.29, 0.717) is 11.3 Å². The van der Waals surface area contributed by atoms with Crippen molar-refractivity contribution in [2.24, 2.45) is 0 Å². The maximum Gasteiger partial charge on any atom is 0.347 e. The zero-order valence-corrected chi connectivity index (χ0v) is 14.1. The van der Waals surface area contributed by atoms with Crippen molar-refractivity contribution >= 4 is 11.7 Å². The molecule has 0 atom stereocenters. The highest BCUT2D eigenvalue weighted by Gasteiger charge is 2.34. The molecule has 1 aromatic heterocycles. The Hall–Kier alpha value is -2.71. The zero-order valence-electron chi connectivity index (χ0n) is 14.1. The lowest BCUT2D eigenvalue weighted by Gasteiger charge is -2.11. The maximum absolute atomic E-state index is 12.3. The van der Waals surface area contributed by atoms with Crippen LogP contribution < -0.4 is 0 Å². The molecule has 2 rings (SSSR count). The highest BCUT2D eigenvalue weighted by atomic mass is 16.6. The first-order chi connectivity index (χ1) is 12.0. The number of aromatic nitrogens is 1. The van der Waals surface area contributed by atoms with E-state index in [9.17, 15) is 14.9 Å². The number of hydrogen-bond acceptors (Lipinski definition) is 6. The number of esters is 1. The summed E-state index contributed by atoms with van der Waals surface area (Å²) in [5.41, 5.74) is 0.833. The summed E-state index contributed by atoms with van der Waals surface area (Å²) in [7, 11) is 0. The van der Waals surface area contributed by atoms with Crippen LogP contribution in [0.15, 0.2) is 30.3 Å². The standard InChI is InChI=1S/C17H20N2O6/c1-3-25-17(21)14-12(2)18(11-24-10-9-20)15(16(14)19(22)23)13-7-5-4-6-8-13/h4-8,20H,3,9-11H2,1-2H3. The second kappa shape index (κ2) is 8.41. The molecule has 0 bridgehead atoms. The van der Waals surface area contributed by atoms with E-state index < -0.39 is 10.9 Å². The van der Waals surface area contributed by atoms with Gasteiger partial charge in [0.1, 0.15) is 12.4 Å². The summed E-state index contributed by atoms with van der Waals surface area (Å²) >= 11 is 0. The van der Waals surface area contributed by atoms with E-state index in [0.717, 1.165) is 0 Å². The molecule has 0 spiro atoms. The molecule has 0 aliphatic carbocycles. The average molecular weight is 348 g/mol. The minimum Gasteiger partial charge on any atom is -0.462 e. The molecule has 1 N–H and O–H groups in total. The fraction of sp³-hybridized carbons (Fsp3) is 0.353. The van der Waals surface area contributed by atoms with Gasteiger partial charge in [0, 0.05) is 11.3 Å². The summed E-state index contributed by atoms with van der Waals surface area (Å²) in [5.74, 6) is -0.746. The Labute approximate surface area is 144 Å². The summed E-state index contributed by atoms with van der Waals surface area (Å²) in [6.45, 7) is 3.23. The maximum atomic E-state index is 12.3. The van der Waals surface area contributed by atoms with E-state index >= 15 is 0 Å². The van der Waals surface area contributed by atoms with Gasteiger partial charge in [-0.3, -0.25) is 10.1 Å². The van der Waals surface area contributed by atoms with Gasteiger partial charge in [0.2, 0.25) is 0 Å². The number of benzene rings is 1. The lowest BCUT2D eigenvalue weighted by atomic mass is 10.1. The molecule has 0 aliphatic heterocycles. The van der Waals surface area contributed by atoms with Gasteiger partial charge in [-0.05, 0) is 13.8 Å². The van der Waals surface area contributed by atoms with Crippen LogP contribution in [0.5, 0.6) is 0 Å². The molecule has 8 heteroatoms. The largest absolute Gasteiger partial charge is 0.462 e. The van der Waals surface area contributed by atoms with E-state index in [1.165, 1.54) is 0 Å². The molecule has 0 unspecified atom stereocenters. The van der Waals surface area contributed by atoms with Gasteiger partial charge in [-0.25, -0.2) is 4.79 Å². The molecule has 0 saturated carbocycles. The van der Waals surface area contributed by atoms with Gasteiger partial charge in [0.05, 0.1) is 24.7 Å². The van der Waals surface area contributed by atoms with Crippen molar-refractivity contribution in [3.8, 4) is 11.3 Å². The van der Waals surface area contributed by atoms with Crippen molar-refractivity contribution < 1.29 is 24.3 Å². The molecule has 0 amide bonds. The summed E-state index contributed by atoms with van der Waals surface area (Å²) in [6.07, 6.45) is 0. The second-order valence-corrected chi connectivity index (χ2v) is 5.19. The van der Waals surface area contributed by atoms with Crippen LogP contribution >= 0.6 is 0 Å². The van der Waals surface area contributed by atoms with Crippen LogP contribution in [0.3, 0.4) is 0 Å². The zero-order chi connectivity index (χ0) is 18.4. The molecule has 134 valence electrons. The Morgan fingerprint density at radius 3 is 2.56 bits per heavy atom. The molecule has 8 nitrogen and oxygen atoms in total. The van der Waals surface area contributed by atoms with Crippen molar-refractivity contribution in [2.45, 2.75) is 20.6 Å². The molecule has 0 fully saturated rings. The van der Waals surface area contributed by atoms with E-state index in [2.05, 4.69) is 0 Å². The average Bonchev–Trinajstić information content (AvgIpc) is 2.89. The Balaban J connectivity index is 2.69. The minimum atomic E-state index is -0.746. The quantitative estimate of drug-likeness (QED) is 0.340.